The Bertz CT molecular complexity index is 1140. The zero-order chi connectivity index (χ0) is 17.9. The molecular formula is C18H12ClN. The number of hydrogen-bond donors (Lipinski definition) is 0. The molecule has 0 N–H and O–H groups in total. The molecule has 3 aromatic carbocycles. The van der Waals surface area contributed by atoms with Crippen LogP contribution in [0.4, 0.5) is 0 Å². The molecule has 0 saturated carbocycles. The monoisotopic (exact) mass is 282 g/mol. The highest BCUT2D eigenvalue weighted by Crippen LogP contribution is 2.35. The van der Waals surface area contributed by atoms with Gasteiger partial charge >= 0.3 is 0 Å². The van der Waals surface area contributed by atoms with E-state index in [9.17, 15) is 0 Å². The van der Waals surface area contributed by atoms with E-state index < -0.39 is 6.04 Å². The lowest BCUT2D eigenvalue weighted by Crippen LogP contribution is -1.92. The zero-order valence-corrected chi connectivity index (χ0v) is 11.1. The summed E-state index contributed by atoms with van der Waals surface area (Å²) < 4.78 is 42.0. The first kappa shape index (κ1) is 7.51. The summed E-state index contributed by atoms with van der Waals surface area (Å²) in [6.07, 6.45) is 0. The van der Waals surface area contributed by atoms with Crippen molar-refractivity contribution in [2.45, 2.75) is 0 Å². The summed E-state index contributed by atoms with van der Waals surface area (Å²) in [6, 6.07) is 11.3. The lowest BCUT2D eigenvalue weighted by molar-refractivity contribution is 1.18. The average molecular weight is 283 g/mol. The van der Waals surface area contributed by atoms with E-state index >= 15 is 0 Å². The van der Waals surface area contributed by atoms with E-state index in [0.717, 1.165) is 16.3 Å². The number of para-hydroxylation sites is 2. The van der Waals surface area contributed by atoms with Gasteiger partial charge in [0.15, 0.2) is 0 Å². The van der Waals surface area contributed by atoms with Gasteiger partial charge in [0, 0.05) is 16.5 Å². The number of aromatic nitrogens is 1. The third-order valence-corrected chi connectivity index (χ3v) is 3.67. The molecule has 0 aliphatic heterocycles. The van der Waals surface area contributed by atoms with Gasteiger partial charge < -0.3 is 4.57 Å². The minimum atomic E-state index is -0.405. The zero-order valence-electron chi connectivity index (χ0n) is 15.4. The van der Waals surface area contributed by atoms with E-state index in [2.05, 4.69) is 0 Å². The van der Waals surface area contributed by atoms with E-state index in [4.69, 9.17) is 18.5 Å². The van der Waals surface area contributed by atoms with Crippen LogP contribution < -0.4 is 0 Å². The molecule has 0 amide bonds. The molecule has 1 aromatic heterocycles. The van der Waals surface area contributed by atoms with Crippen LogP contribution in [0.15, 0.2) is 72.7 Å². The molecule has 0 aliphatic carbocycles. The van der Waals surface area contributed by atoms with Crippen molar-refractivity contribution in [3.05, 3.63) is 77.7 Å². The van der Waals surface area contributed by atoms with Gasteiger partial charge in [-0.2, -0.15) is 0 Å². The van der Waals surface area contributed by atoms with Crippen LogP contribution in [0.5, 0.6) is 0 Å². The number of fused-ring (bicyclic) bond motifs is 3. The molecule has 0 atom stereocenters. The number of rotatable bonds is 1. The quantitative estimate of drug-likeness (QED) is 0.438. The predicted molar refractivity (Wildman–Crippen MR) is 85.8 cm³/mol. The maximum absolute atomic E-state index is 8.29. The van der Waals surface area contributed by atoms with Gasteiger partial charge in [-0.15, -0.1) is 0 Å². The molecule has 20 heavy (non-hydrogen) atoms. The minimum absolute atomic E-state index is 0.125. The van der Waals surface area contributed by atoms with Crippen molar-refractivity contribution < 1.29 is 6.85 Å². The first-order chi connectivity index (χ1) is 11.9. The second kappa shape index (κ2) is 4.39. The summed E-state index contributed by atoms with van der Waals surface area (Å²) in [5.41, 5.74) is 1.57. The Hall–Kier alpha value is -2.25. The summed E-state index contributed by atoms with van der Waals surface area (Å²) in [5.74, 6) is 0. The second-order valence-electron chi connectivity index (χ2n) is 4.46. The van der Waals surface area contributed by atoms with E-state index in [1.54, 1.807) is 16.7 Å². The normalized spacial score (nSPS) is 14.8. The topological polar surface area (TPSA) is 4.93 Å². The molecule has 0 unspecified atom stereocenters. The average Bonchev–Trinajstić information content (AvgIpc) is 2.94. The van der Waals surface area contributed by atoms with Crippen molar-refractivity contribution >= 4 is 33.4 Å². The molecule has 2 heteroatoms. The van der Waals surface area contributed by atoms with Gasteiger partial charge in [0.05, 0.1) is 22.9 Å². The van der Waals surface area contributed by atoms with Crippen LogP contribution >= 0.6 is 11.6 Å². The highest BCUT2D eigenvalue weighted by atomic mass is 35.5. The van der Waals surface area contributed by atoms with Crippen LogP contribution in [-0.4, -0.2) is 4.57 Å². The summed E-state index contributed by atoms with van der Waals surface area (Å²) in [6.45, 7) is 0. The van der Waals surface area contributed by atoms with Crippen molar-refractivity contribution in [3.8, 4) is 5.69 Å². The molecule has 4 aromatic rings. The maximum atomic E-state index is 8.29. The van der Waals surface area contributed by atoms with Crippen LogP contribution in [0.25, 0.3) is 27.5 Å². The Kier molecular flexibility index (Phi) is 1.65. The predicted octanol–water partition coefficient (Wildman–Crippen LogP) is 5.44. The fraction of sp³-hybridized carbons (Fsp3) is 0. The number of halogens is 1. The van der Waals surface area contributed by atoms with Crippen LogP contribution in [0.2, 0.25) is 5.02 Å². The summed E-state index contributed by atoms with van der Waals surface area (Å²) in [4.78, 5) is 0. The van der Waals surface area contributed by atoms with Gasteiger partial charge in [0.2, 0.25) is 0 Å². The highest BCUT2D eigenvalue weighted by Gasteiger charge is 2.13. The van der Waals surface area contributed by atoms with E-state index in [0.29, 0.717) is 10.5 Å². The van der Waals surface area contributed by atoms with Gasteiger partial charge in [-0.3, -0.25) is 0 Å². The molecule has 96 valence electrons. The van der Waals surface area contributed by atoms with Crippen LogP contribution in [0.1, 0.15) is 6.85 Å². The largest absolute Gasteiger partial charge is 0.309 e. The van der Waals surface area contributed by atoms with E-state index in [1.165, 1.54) is 0 Å². The van der Waals surface area contributed by atoms with Crippen molar-refractivity contribution in [3.63, 3.8) is 0 Å². The minimum Gasteiger partial charge on any atom is -0.309 e. The third-order valence-electron chi connectivity index (χ3n) is 3.36. The molecule has 1 nitrogen and oxygen atoms in total. The third kappa shape index (κ3) is 1.57. The van der Waals surface area contributed by atoms with Crippen LogP contribution in [0.3, 0.4) is 0 Å². The van der Waals surface area contributed by atoms with Crippen molar-refractivity contribution in [1.29, 1.82) is 0 Å². The molecule has 0 aliphatic rings. The molecule has 0 fully saturated rings. The number of benzene rings is 3. The highest BCUT2D eigenvalue weighted by molar-refractivity contribution is 6.38. The molecular weight excluding hydrogens is 266 g/mol. The van der Waals surface area contributed by atoms with Crippen molar-refractivity contribution in [2.75, 3.05) is 0 Å². The van der Waals surface area contributed by atoms with Gasteiger partial charge in [0.25, 0.3) is 0 Å². The standard InChI is InChI=1S/C18H12ClN/c19-15-10-6-12-17-18(15)14-9-4-5-11-16(14)20(17)13-7-2-1-3-8-13/h1-12H/i1D,2D,3D,7D,8D. The SMILES string of the molecule is [2H]c1c([2H])c([2H])c(-n2c3ccccc3c3c(Cl)cccc32)c([2H])c1[2H]. The first-order valence-corrected chi connectivity index (χ1v) is 6.56. The fourth-order valence-electron chi connectivity index (χ4n) is 2.57. The van der Waals surface area contributed by atoms with Crippen molar-refractivity contribution in [2.24, 2.45) is 0 Å². The van der Waals surface area contributed by atoms with Crippen LogP contribution in [-0.2, 0) is 0 Å². The Balaban J connectivity index is 2.29. The lowest BCUT2D eigenvalue weighted by atomic mass is 10.1. The summed E-state index contributed by atoms with van der Waals surface area (Å²) in [7, 11) is 0. The smallest absolute Gasteiger partial charge is 0.0645 e. The Morgan fingerprint density at radius 3 is 2.45 bits per heavy atom. The molecule has 0 radical (unpaired) electrons. The fourth-order valence-corrected chi connectivity index (χ4v) is 2.84. The van der Waals surface area contributed by atoms with Gasteiger partial charge in [0.1, 0.15) is 0 Å². The molecule has 1 heterocycles. The van der Waals surface area contributed by atoms with E-state index in [-0.39, 0.29) is 29.9 Å². The maximum Gasteiger partial charge on any atom is 0.0645 e. The first-order valence-electron chi connectivity index (χ1n) is 8.68. The van der Waals surface area contributed by atoms with Crippen molar-refractivity contribution in [1.82, 2.24) is 4.57 Å². The Labute approximate surface area is 129 Å². The number of hydrogen-bond acceptors (Lipinski definition) is 0. The van der Waals surface area contributed by atoms with E-state index in [1.807, 2.05) is 30.3 Å². The number of nitrogens with zero attached hydrogens (tertiary/aromatic N) is 1. The van der Waals surface area contributed by atoms with Gasteiger partial charge in [-0.25, -0.2) is 0 Å². The summed E-state index contributed by atoms with van der Waals surface area (Å²) in [5, 5.41) is 2.22. The molecule has 0 saturated heterocycles. The lowest BCUT2D eigenvalue weighted by Gasteiger charge is -2.07. The van der Waals surface area contributed by atoms with Gasteiger partial charge in [-0.05, 0) is 30.3 Å². The molecule has 0 bridgehead atoms. The summed E-state index contributed by atoms with van der Waals surface area (Å²) >= 11 is 6.39. The molecule has 4 rings (SSSR count). The Morgan fingerprint density at radius 2 is 1.60 bits per heavy atom. The van der Waals surface area contributed by atoms with Crippen LogP contribution in [0, 0.1) is 0 Å². The Morgan fingerprint density at radius 1 is 0.850 bits per heavy atom. The molecule has 0 spiro atoms. The van der Waals surface area contributed by atoms with Gasteiger partial charge in [-0.1, -0.05) is 54.0 Å². The second-order valence-corrected chi connectivity index (χ2v) is 4.87.